The Labute approximate surface area is 132 Å². The van der Waals surface area contributed by atoms with Crippen LogP contribution in [0.2, 0.25) is 0 Å². The van der Waals surface area contributed by atoms with E-state index in [0.29, 0.717) is 6.42 Å². The molecule has 4 heteroatoms. The quantitative estimate of drug-likeness (QED) is 0.452. The number of aliphatic hydroxyl groups excluding tert-OH is 1. The number of carbonyl (C=O) groups is 2. The maximum atomic E-state index is 11.9. The summed E-state index contributed by atoms with van der Waals surface area (Å²) in [6, 6.07) is 0. The summed E-state index contributed by atoms with van der Waals surface area (Å²) < 4.78 is 0. The van der Waals surface area contributed by atoms with Gasteiger partial charge in [-0.2, -0.15) is 0 Å². The van der Waals surface area contributed by atoms with Crippen molar-refractivity contribution in [2.75, 3.05) is 0 Å². The van der Waals surface area contributed by atoms with Gasteiger partial charge in [-0.1, -0.05) is 50.8 Å². The van der Waals surface area contributed by atoms with Gasteiger partial charge in [0.05, 0.1) is 6.10 Å². The lowest BCUT2D eigenvalue weighted by Crippen LogP contribution is -2.14. The Bertz CT molecular complexity index is 411. The molecule has 1 aliphatic rings. The number of carboxylic acid groups (broad SMARTS) is 1. The molecule has 0 radical (unpaired) electrons. The van der Waals surface area contributed by atoms with Gasteiger partial charge >= 0.3 is 5.97 Å². The molecule has 0 saturated heterocycles. The van der Waals surface area contributed by atoms with Crippen LogP contribution < -0.4 is 0 Å². The first-order chi connectivity index (χ1) is 10.5. The van der Waals surface area contributed by atoms with E-state index in [9.17, 15) is 14.7 Å². The fourth-order valence-corrected chi connectivity index (χ4v) is 2.78. The fourth-order valence-electron chi connectivity index (χ4n) is 2.78. The summed E-state index contributed by atoms with van der Waals surface area (Å²) >= 11 is 0. The van der Waals surface area contributed by atoms with Crippen LogP contribution >= 0.6 is 0 Å². The topological polar surface area (TPSA) is 74.6 Å². The third-order valence-electron chi connectivity index (χ3n) is 4.12. The number of allylic oxidation sites excluding steroid dienone is 3. The number of aliphatic hydroxyl groups is 1. The monoisotopic (exact) mass is 308 g/mol. The molecule has 1 aliphatic carbocycles. The van der Waals surface area contributed by atoms with Crippen LogP contribution in [0, 0.1) is 11.8 Å². The van der Waals surface area contributed by atoms with Crippen molar-refractivity contribution in [2.24, 2.45) is 11.8 Å². The molecule has 0 aromatic rings. The minimum atomic E-state index is -0.773. The van der Waals surface area contributed by atoms with Crippen LogP contribution in [0.4, 0.5) is 0 Å². The van der Waals surface area contributed by atoms with Crippen LogP contribution in [0.25, 0.3) is 0 Å². The average molecular weight is 308 g/mol. The molecule has 0 spiro atoms. The average Bonchev–Trinajstić information content (AvgIpc) is 2.82. The van der Waals surface area contributed by atoms with E-state index in [1.54, 1.807) is 12.2 Å². The Morgan fingerprint density at radius 3 is 2.77 bits per heavy atom. The second-order valence-corrected chi connectivity index (χ2v) is 6.04. The highest BCUT2D eigenvalue weighted by atomic mass is 16.4. The van der Waals surface area contributed by atoms with E-state index < -0.39 is 12.1 Å². The molecular weight excluding hydrogens is 280 g/mol. The van der Waals surface area contributed by atoms with Crippen LogP contribution in [-0.4, -0.2) is 28.1 Å². The second kappa shape index (κ2) is 10.3. The predicted octanol–water partition coefficient (Wildman–Crippen LogP) is 3.50. The summed E-state index contributed by atoms with van der Waals surface area (Å²) in [5.41, 5.74) is 0. The van der Waals surface area contributed by atoms with Crippen molar-refractivity contribution in [1.82, 2.24) is 0 Å². The molecule has 0 aromatic carbocycles. The van der Waals surface area contributed by atoms with Gasteiger partial charge in [-0.3, -0.25) is 9.59 Å². The van der Waals surface area contributed by atoms with E-state index in [1.165, 1.54) is 0 Å². The summed E-state index contributed by atoms with van der Waals surface area (Å²) in [5.74, 6) is -0.740. The highest BCUT2D eigenvalue weighted by Gasteiger charge is 2.27. The molecule has 0 unspecified atom stereocenters. The van der Waals surface area contributed by atoms with Crippen molar-refractivity contribution in [2.45, 2.75) is 64.4 Å². The first kappa shape index (κ1) is 18.6. The van der Waals surface area contributed by atoms with E-state index in [1.807, 2.05) is 12.2 Å². The maximum Gasteiger partial charge on any atom is 0.303 e. The summed E-state index contributed by atoms with van der Waals surface area (Å²) in [6.07, 6.45) is 13.0. The van der Waals surface area contributed by atoms with Crippen LogP contribution in [0.15, 0.2) is 24.3 Å². The van der Waals surface area contributed by atoms with Crippen molar-refractivity contribution in [3.63, 3.8) is 0 Å². The van der Waals surface area contributed by atoms with E-state index in [-0.39, 0.29) is 24.0 Å². The molecule has 22 heavy (non-hydrogen) atoms. The van der Waals surface area contributed by atoms with Crippen molar-refractivity contribution in [3.8, 4) is 0 Å². The maximum absolute atomic E-state index is 11.9. The molecule has 4 nitrogen and oxygen atoms in total. The lowest BCUT2D eigenvalue weighted by atomic mass is 9.89. The zero-order chi connectivity index (χ0) is 16.4. The van der Waals surface area contributed by atoms with Gasteiger partial charge in [-0.15, -0.1) is 0 Å². The van der Waals surface area contributed by atoms with Crippen molar-refractivity contribution in [3.05, 3.63) is 24.3 Å². The minimum Gasteiger partial charge on any atom is -0.481 e. The Morgan fingerprint density at radius 2 is 2.09 bits per heavy atom. The molecule has 1 rings (SSSR count). The van der Waals surface area contributed by atoms with Gasteiger partial charge < -0.3 is 10.2 Å². The number of hydrogen-bond donors (Lipinski definition) is 2. The van der Waals surface area contributed by atoms with Gasteiger partial charge in [-0.25, -0.2) is 0 Å². The third-order valence-corrected chi connectivity index (χ3v) is 4.12. The molecule has 0 aliphatic heterocycles. The number of carboxylic acids is 1. The molecule has 0 saturated carbocycles. The number of unbranched alkanes of at least 4 members (excludes halogenated alkanes) is 3. The van der Waals surface area contributed by atoms with Crippen LogP contribution in [-0.2, 0) is 9.59 Å². The van der Waals surface area contributed by atoms with E-state index in [0.717, 1.165) is 38.5 Å². The van der Waals surface area contributed by atoms with E-state index in [4.69, 9.17) is 5.11 Å². The summed E-state index contributed by atoms with van der Waals surface area (Å²) in [6.45, 7) is 2.13. The summed E-state index contributed by atoms with van der Waals surface area (Å²) in [4.78, 5) is 22.4. The zero-order valence-corrected chi connectivity index (χ0v) is 13.4. The standard InChI is InChI=1S/C18H28O4/c1-2-3-4-8-15(19)11-12-16-14(10-13-17(16)20)7-5-6-9-18(21)22/h10-16,19H,2-9H2,1H3,(H,21,22)/b12-11+/t14-,15-,16-/m1/s1. The third kappa shape index (κ3) is 7.03. The second-order valence-electron chi connectivity index (χ2n) is 6.04. The SMILES string of the molecule is CCCCC[C@@H](O)/C=C/[C@H]1C(=O)C=C[C@H]1CCCCC(=O)O. The normalized spacial score (nSPS) is 22.5. The Balaban J connectivity index is 2.38. The van der Waals surface area contributed by atoms with E-state index in [2.05, 4.69) is 6.92 Å². The molecule has 124 valence electrons. The number of rotatable bonds is 11. The zero-order valence-electron chi connectivity index (χ0n) is 13.4. The molecule has 0 fully saturated rings. The van der Waals surface area contributed by atoms with Crippen LogP contribution in [0.1, 0.15) is 58.3 Å². The minimum absolute atomic E-state index is 0.0836. The van der Waals surface area contributed by atoms with Crippen LogP contribution in [0.5, 0.6) is 0 Å². The Kier molecular flexibility index (Phi) is 8.75. The van der Waals surface area contributed by atoms with Gasteiger partial charge in [0, 0.05) is 12.3 Å². The lowest BCUT2D eigenvalue weighted by molar-refractivity contribution is -0.137. The van der Waals surface area contributed by atoms with Gasteiger partial charge in [0.15, 0.2) is 5.78 Å². The molecule has 2 N–H and O–H groups in total. The number of ketones is 1. The van der Waals surface area contributed by atoms with E-state index >= 15 is 0 Å². The molecule has 0 heterocycles. The Morgan fingerprint density at radius 1 is 1.32 bits per heavy atom. The molecule has 0 aromatic heterocycles. The van der Waals surface area contributed by atoms with Gasteiger partial charge in [0.2, 0.25) is 0 Å². The number of hydrogen-bond acceptors (Lipinski definition) is 3. The number of aliphatic carboxylic acids is 1. The lowest BCUT2D eigenvalue weighted by Gasteiger charge is -2.15. The van der Waals surface area contributed by atoms with Crippen LogP contribution in [0.3, 0.4) is 0 Å². The predicted molar refractivity (Wildman–Crippen MR) is 86.5 cm³/mol. The summed E-state index contributed by atoms with van der Waals surface area (Å²) in [7, 11) is 0. The summed E-state index contributed by atoms with van der Waals surface area (Å²) in [5, 5.41) is 18.5. The van der Waals surface area contributed by atoms with Gasteiger partial charge in [0.1, 0.15) is 0 Å². The highest BCUT2D eigenvalue weighted by Crippen LogP contribution is 2.28. The number of carbonyl (C=O) groups excluding carboxylic acids is 1. The first-order valence-corrected chi connectivity index (χ1v) is 8.34. The first-order valence-electron chi connectivity index (χ1n) is 8.34. The molecule has 0 bridgehead atoms. The van der Waals surface area contributed by atoms with Gasteiger partial charge in [0.25, 0.3) is 0 Å². The van der Waals surface area contributed by atoms with Crippen molar-refractivity contribution in [1.29, 1.82) is 0 Å². The Hall–Kier alpha value is -1.42. The molecule has 3 atom stereocenters. The van der Waals surface area contributed by atoms with Crippen molar-refractivity contribution >= 4 is 11.8 Å². The largest absolute Gasteiger partial charge is 0.481 e. The van der Waals surface area contributed by atoms with Crippen molar-refractivity contribution < 1.29 is 19.8 Å². The fraction of sp³-hybridized carbons (Fsp3) is 0.667. The molecular formula is C18H28O4. The van der Waals surface area contributed by atoms with Gasteiger partial charge in [-0.05, 0) is 31.3 Å². The highest BCUT2D eigenvalue weighted by molar-refractivity contribution is 5.95. The smallest absolute Gasteiger partial charge is 0.303 e. The molecule has 0 amide bonds.